The zero-order valence-electron chi connectivity index (χ0n) is 21.8. The lowest BCUT2D eigenvalue weighted by Crippen LogP contribution is -2.46. The molecule has 3 heterocycles. The summed E-state index contributed by atoms with van der Waals surface area (Å²) in [6.07, 6.45) is 0.508. The highest BCUT2D eigenvalue weighted by molar-refractivity contribution is 7.12. The van der Waals surface area contributed by atoms with Gasteiger partial charge in [0.2, 0.25) is 0 Å². The highest BCUT2D eigenvalue weighted by Gasteiger charge is 2.35. The fraction of sp³-hybridized carbons (Fsp3) is 0.345. The Kier molecular flexibility index (Phi) is 8.93. The van der Waals surface area contributed by atoms with Crippen molar-refractivity contribution in [3.8, 4) is 5.75 Å². The number of halogens is 1. The minimum Gasteiger partial charge on any atom is -0.497 e. The third-order valence-electron chi connectivity index (χ3n) is 6.99. The number of ether oxygens (including phenoxy) is 2. The molecule has 1 aromatic heterocycles. The molecule has 3 aromatic rings. The highest BCUT2D eigenvalue weighted by atomic mass is 35.5. The van der Waals surface area contributed by atoms with E-state index in [2.05, 4.69) is 4.90 Å². The van der Waals surface area contributed by atoms with Crippen molar-refractivity contribution in [2.45, 2.75) is 12.5 Å². The second kappa shape index (κ2) is 12.7. The Morgan fingerprint density at radius 3 is 2.56 bits per heavy atom. The maximum Gasteiger partial charge on any atom is 0.264 e. The molecule has 1 atom stereocenters. The molecule has 2 aromatic carbocycles. The number of methoxy groups -OCH3 is 1. The van der Waals surface area contributed by atoms with Gasteiger partial charge in [-0.2, -0.15) is 5.10 Å². The van der Waals surface area contributed by atoms with E-state index in [4.69, 9.17) is 26.2 Å². The Morgan fingerprint density at radius 1 is 1.10 bits per heavy atom. The molecule has 0 aliphatic carbocycles. The van der Waals surface area contributed by atoms with Crippen LogP contribution in [0.1, 0.15) is 33.3 Å². The quantitative estimate of drug-likeness (QED) is 0.379. The number of hydrogen-bond donors (Lipinski definition) is 0. The van der Waals surface area contributed by atoms with Crippen molar-refractivity contribution in [3.05, 3.63) is 87.1 Å². The van der Waals surface area contributed by atoms with E-state index in [0.29, 0.717) is 42.6 Å². The number of nitrogens with zero attached hydrogens (tertiary/aromatic N) is 4. The third kappa shape index (κ3) is 6.50. The summed E-state index contributed by atoms with van der Waals surface area (Å²) in [6, 6.07) is 18.5. The maximum atomic E-state index is 13.9. The van der Waals surface area contributed by atoms with Gasteiger partial charge in [0.15, 0.2) is 0 Å². The first-order chi connectivity index (χ1) is 19.0. The summed E-state index contributed by atoms with van der Waals surface area (Å²) in [4.78, 5) is 31.8. The molecule has 2 amide bonds. The third-order valence-corrected chi connectivity index (χ3v) is 8.17. The van der Waals surface area contributed by atoms with Crippen molar-refractivity contribution in [1.82, 2.24) is 14.8 Å². The summed E-state index contributed by atoms with van der Waals surface area (Å²) in [5, 5.41) is 8.74. The van der Waals surface area contributed by atoms with Crippen molar-refractivity contribution in [3.63, 3.8) is 0 Å². The van der Waals surface area contributed by atoms with Gasteiger partial charge in [0, 0.05) is 43.2 Å². The van der Waals surface area contributed by atoms with E-state index < -0.39 is 0 Å². The van der Waals surface area contributed by atoms with Gasteiger partial charge in [-0.15, -0.1) is 11.3 Å². The molecule has 5 rings (SSSR count). The van der Waals surface area contributed by atoms with Crippen LogP contribution < -0.4 is 4.74 Å². The molecule has 8 nitrogen and oxygen atoms in total. The molecule has 0 N–H and O–H groups in total. The molecule has 39 heavy (non-hydrogen) atoms. The Balaban J connectivity index is 1.40. The van der Waals surface area contributed by atoms with Crippen molar-refractivity contribution in [2.75, 3.05) is 53.0 Å². The lowest BCUT2D eigenvalue weighted by atomic mass is 9.98. The largest absolute Gasteiger partial charge is 0.497 e. The van der Waals surface area contributed by atoms with E-state index in [-0.39, 0.29) is 24.4 Å². The van der Waals surface area contributed by atoms with Gasteiger partial charge < -0.3 is 14.4 Å². The molecular weight excluding hydrogens is 536 g/mol. The number of rotatable bonds is 9. The summed E-state index contributed by atoms with van der Waals surface area (Å²) in [5.41, 5.74) is 2.46. The normalized spacial score (nSPS) is 17.6. The SMILES string of the molecule is COc1ccc(C2CC(c3ccccc3Cl)=NN2C(=O)CN(CCN2CCOCC2)C(=O)c2cccs2)cc1. The van der Waals surface area contributed by atoms with Crippen LogP contribution in [0.5, 0.6) is 5.75 Å². The van der Waals surface area contributed by atoms with Crippen molar-refractivity contribution in [2.24, 2.45) is 5.10 Å². The Hall–Kier alpha value is -3.24. The van der Waals surface area contributed by atoms with E-state index in [0.717, 1.165) is 35.7 Å². The van der Waals surface area contributed by atoms with Gasteiger partial charge in [-0.05, 0) is 35.2 Å². The van der Waals surface area contributed by atoms with Crippen LogP contribution in [0, 0.1) is 0 Å². The molecule has 204 valence electrons. The standard InChI is InChI=1S/C29H31ClN4O4S/c1-37-22-10-8-21(9-11-22)26-19-25(23-5-2-3-6-24(23)30)31-34(26)28(35)20-33(29(36)27-7-4-18-39-27)13-12-32-14-16-38-17-15-32/h2-11,18,26H,12-17,19-20H2,1H3. The summed E-state index contributed by atoms with van der Waals surface area (Å²) in [5.74, 6) is 0.338. The van der Waals surface area contributed by atoms with Gasteiger partial charge in [-0.1, -0.05) is 48.0 Å². The first kappa shape index (κ1) is 27.3. The number of thiophene rings is 1. The molecule has 1 fully saturated rings. The van der Waals surface area contributed by atoms with Crippen LogP contribution in [0.3, 0.4) is 0 Å². The Morgan fingerprint density at radius 2 is 1.87 bits per heavy atom. The summed E-state index contributed by atoms with van der Waals surface area (Å²) >= 11 is 7.87. The van der Waals surface area contributed by atoms with Crippen LogP contribution in [-0.2, 0) is 9.53 Å². The van der Waals surface area contributed by atoms with Gasteiger partial charge in [-0.3, -0.25) is 14.5 Å². The second-order valence-electron chi connectivity index (χ2n) is 9.42. The summed E-state index contributed by atoms with van der Waals surface area (Å²) < 4.78 is 10.8. The molecule has 0 radical (unpaired) electrons. The van der Waals surface area contributed by atoms with Crippen LogP contribution in [0.2, 0.25) is 5.02 Å². The molecule has 2 aliphatic rings. The smallest absolute Gasteiger partial charge is 0.264 e. The average molecular weight is 567 g/mol. The minimum absolute atomic E-state index is 0.0764. The molecule has 10 heteroatoms. The molecule has 1 unspecified atom stereocenters. The fourth-order valence-corrected chi connectivity index (χ4v) is 5.75. The first-order valence-electron chi connectivity index (χ1n) is 12.9. The zero-order chi connectivity index (χ0) is 27.2. The predicted molar refractivity (Wildman–Crippen MR) is 153 cm³/mol. The Labute approximate surface area is 237 Å². The van der Waals surface area contributed by atoms with Crippen LogP contribution in [0.15, 0.2) is 71.1 Å². The monoisotopic (exact) mass is 566 g/mol. The maximum absolute atomic E-state index is 13.9. The zero-order valence-corrected chi connectivity index (χ0v) is 23.4. The number of hydrazone groups is 1. The lowest BCUT2D eigenvalue weighted by molar-refractivity contribution is -0.133. The lowest BCUT2D eigenvalue weighted by Gasteiger charge is -2.31. The van der Waals surface area contributed by atoms with Gasteiger partial charge in [-0.25, -0.2) is 5.01 Å². The van der Waals surface area contributed by atoms with Gasteiger partial charge >= 0.3 is 0 Å². The number of carbonyl (C=O) groups is 2. The first-order valence-corrected chi connectivity index (χ1v) is 14.2. The van der Waals surface area contributed by atoms with Gasteiger partial charge in [0.05, 0.1) is 37.0 Å². The Bertz CT molecular complexity index is 1310. The number of amides is 2. The highest BCUT2D eigenvalue weighted by Crippen LogP contribution is 2.35. The van der Waals surface area contributed by atoms with Crippen LogP contribution in [-0.4, -0.2) is 85.4 Å². The minimum atomic E-state index is -0.326. The molecule has 0 bridgehead atoms. The summed E-state index contributed by atoms with van der Waals surface area (Å²) in [7, 11) is 1.62. The number of morpholine rings is 1. The van der Waals surface area contributed by atoms with E-state index >= 15 is 0 Å². The van der Waals surface area contributed by atoms with Gasteiger partial charge in [0.1, 0.15) is 12.3 Å². The van der Waals surface area contributed by atoms with Gasteiger partial charge in [0.25, 0.3) is 11.8 Å². The number of benzene rings is 2. The van der Waals surface area contributed by atoms with E-state index in [1.807, 2.05) is 60.0 Å². The van der Waals surface area contributed by atoms with Crippen molar-refractivity contribution >= 4 is 40.5 Å². The van der Waals surface area contributed by atoms with E-state index in [1.54, 1.807) is 18.1 Å². The fourth-order valence-electron chi connectivity index (χ4n) is 4.82. The topological polar surface area (TPSA) is 74.7 Å². The molecule has 2 aliphatic heterocycles. The molecule has 0 saturated carbocycles. The van der Waals surface area contributed by atoms with Crippen LogP contribution in [0.25, 0.3) is 0 Å². The summed E-state index contributed by atoms with van der Waals surface area (Å²) in [6.45, 7) is 4.00. The average Bonchev–Trinajstić information content (AvgIpc) is 3.67. The predicted octanol–water partition coefficient (Wildman–Crippen LogP) is 4.56. The van der Waals surface area contributed by atoms with Crippen molar-refractivity contribution < 1.29 is 19.1 Å². The van der Waals surface area contributed by atoms with Crippen LogP contribution >= 0.6 is 22.9 Å². The van der Waals surface area contributed by atoms with E-state index in [1.165, 1.54) is 16.3 Å². The number of carbonyl (C=O) groups excluding carboxylic acids is 2. The van der Waals surface area contributed by atoms with Crippen molar-refractivity contribution in [1.29, 1.82) is 0 Å². The molecular formula is C29H31ClN4O4S. The second-order valence-corrected chi connectivity index (χ2v) is 10.8. The van der Waals surface area contributed by atoms with E-state index in [9.17, 15) is 9.59 Å². The molecule has 0 spiro atoms. The molecule has 1 saturated heterocycles. The number of hydrogen-bond acceptors (Lipinski definition) is 7. The van der Waals surface area contributed by atoms with Crippen LogP contribution in [0.4, 0.5) is 0 Å².